The molecule has 0 bridgehead atoms. The van der Waals surface area contributed by atoms with Crippen molar-refractivity contribution in [3.63, 3.8) is 0 Å². The zero-order chi connectivity index (χ0) is 24.4. The summed E-state index contributed by atoms with van der Waals surface area (Å²) >= 11 is 6.31. The molecular formula is C24H28ClN7O3. The molecule has 5 rings (SSSR count). The Hall–Kier alpha value is -3.18. The molecule has 11 heteroatoms. The normalized spacial score (nSPS) is 20.4. The van der Waals surface area contributed by atoms with Gasteiger partial charge < -0.3 is 25.1 Å². The molecule has 2 aliphatic heterocycles. The van der Waals surface area contributed by atoms with Crippen molar-refractivity contribution in [3.8, 4) is 5.75 Å². The van der Waals surface area contributed by atoms with Crippen molar-refractivity contribution < 1.29 is 14.6 Å². The van der Waals surface area contributed by atoms with Crippen molar-refractivity contribution in [1.82, 2.24) is 35.2 Å². The van der Waals surface area contributed by atoms with Crippen LogP contribution in [-0.2, 0) is 0 Å². The second-order valence-corrected chi connectivity index (χ2v) is 9.20. The summed E-state index contributed by atoms with van der Waals surface area (Å²) in [4.78, 5) is 19.9. The van der Waals surface area contributed by atoms with Gasteiger partial charge in [0.15, 0.2) is 5.65 Å². The Kier molecular flexibility index (Phi) is 6.87. The average Bonchev–Trinajstić information content (AvgIpc) is 3.60. The summed E-state index contributed by atoms with van der Waals surface area (Å²) in [5.74, 6) is 0.705. The fourth-order valence-corrected chi connectivity index (χ4v) is 4.80. The highest BCUT2D eigenvalue weighted by Crippen LogP contribution is 2.34. The maximum atomic E-state index is 13.2. The molecule has 1 unspecified atom stereocenters. The predicted octanol–water partition coefficient (Wildman–Crippen LogP) is 1.84. The van der Waals surface area contributed by atoms with Crippen LogP contribution in [0, 0.1) is 5.92 Å². The molecule has 184 valence electrons. The Balaban J connectivity index is 1.38. The molecule has 0 radical (unpaired) electrons. The van der Waals surface area contributed by atoms with Crippen LogP contribution < -0.4 is 15.5 Å². The summed E-state index contributed by atoms with van der Waals surface area (Å²) in [7, 11) is 1.61. The molecule has 0 spiro atoms. The number of nitrogens with zero attached hydrogens (tertiary/aromatic N) is 5. The van der Waals surface area contributed by atoms with E-state index >= 15 is 0 Å². The second-order valence-electron chi connectivity index (χ2n) is 8.76. The molecule has 1 aromatic carbocycles. The summed E-state index contributed by atoms with van der Waals surface area (Å²) in [6, 6.07) is 6.81. The van der Waals surface area contributed by atoms with E-state index in [1.165, 1.54) is 6.20 Å². The van der Waals surface area contributed by atoms with Gasteiger partial charge in [-0.2, -0.15) is 5.10 Å². The summed E-state index contributed by atoms with van der Waals surface area (Å²) < 4.78 is 7.15. The number of fused-ring (bicyclic) bond motifs is 1. The van der Waals surface area contributed by atoms with Gasteiger partial charge in [0.05, 0.1) is 25.0 Å². The Morgan fingerprint density at radius 1 is 1.37 bits per heavy atom. The number of ether oxygens (including phenoxy) is 1. The van der Waals surface area contributed by atoms with E-state index in [0.29, 0.717) is 40.1 Å². The minimum atomic E-state index is -0.369. The number of halogens is 1. The van der Waals surface area contributed by atoms with Gasteiger partial charge in [-0.25, -0.2) is 14.9 Å². The smallest absolute Gasteiger partial charge is 0.261 e. The van der Waals surface area contributed by atoms with E-state index in [4.69, 9.17) is 16.3 Å². The maximum Gasteiger partial charge on any atom is 0.261 e. The molecule has 2 atom stereocenters. The summed E-state index contributed by atoms with van der Waals surface area (Å²) in [6.07, 6.45) is 7.80. The van der Waals surface area contributed by atoms with Crippen molar-refractivity contribution >= 4 is 23.2 Å². The largest absolute Gasteiger partial charge is 0.496 e. The highest BCUT2D eigenvalue weighted by atomic mass is 35.5. The number of carbonyl (C=O) groups is 1. The lowest BCUT2D eigenvalue weighted by molar-refractivity contribution is 0.0964. The van der Waals surface area contributed by atoms with Crippen molar-refractivity contribution in [1.29, 1.82) is 0 Å². The number of hydrazine groups is 1. The van der Waals surface area contributed by atoms with Crippen molar-refractivity contribution in [3.05, 3.63) is 70.9 Å². The molecule has 1 amide bonds. The quantitative estimate of drug-likeness (QED) is 0.433. The zero-order valence-electron chi connectivity index (χ0n) is 19.4. The van der Waals surface area contributed by atoms with E-state index < -0.39 is 0 Å². The number of aliphatic hydroxyl groups excluding tert-OH is 1. The molecule has 35 heavy (non-hydrogen) atoms. The first-order valence-corrected chi connectivity index (χ1v) is 11.9. The van der Waals surface area contributed by atoms with E-state index in [9.17, 15) is 9.90 Å². The number of hydrogen-bond donors (Lipinski definition) is 3. The molecule has 1 fully saturated rings. The Morgan fingerprint density at radius 2 is 2.26 bits per heavy atom. The van der Waals surface area contributed by atoms with Crippen LogP contribution in [0.2, 0.25) is 5.02 Å². The SMILES string of the molecule is COc1ccc(Cl)cc1C1NN(CCN2CC[C@@H](CO)C2)C=C1NC(=O)c1cnn2cccnc12. The van der Waals surface area contributed by atoms with Gasteiger partial charge in [-0.3, -0.25) is 4.79 Å². The summed E-state index contributed by atoms with van der Waals surface area (Å²) in [5.41, 5.74) is 5.82. The van der Waals surface area contributed by atoms with Gasteiger partial charge in [0.25, 0.3) is 5.91 Å². The summed E-state index contributed by atoms with van der Waals surface area (Å²) in [5, 5.41) is 19.2. The van der Waals surface area contributed by atoms with Gasteiger partial charge in [0, 0.05) is 55.4 Å². The van der Waals surface area contributed by atoms with Crippen LogP contribution in [0.1, 0.15) is 28.4 Å². The lowest BCUT2D eigenvalue weighted by atomic mass is 10.0. The van der Waals surface area contributed by atoms with Crippen LogP contribution in [0.5, 0.6) is 5.75 Å². The van der Waals surface area contributed by atoms with Crippen LogP contribution in [0.3, 0.4) is 0 Å². The van der Waals surface area contributed by atoms with Crippen LogP contribution in [0.15, 0.2) is 54.8 Å². The van der Waals surface area contributed by atoms with Crippen molar-refractivity contribution in [2.45, 2.75) is 12.5 Å². The molecule has 0 aliphatic carbocycles. The van der Waals surface area contributed by atoms with Crippen LogP contribution in [0.25, 0.3) is 5.65 Å². The van der Waals surface area contributed by atoms with Gasteiger partial charge in [-0.05, 0) is 43.1 Å². The van der Waals surface area contributed by atoms with E-state index in [0.717, 1.165) is 31.6 Å². The fourth-order valence-electron chi connectivity index (χ4n) is 4.62. The number of amides is 1. The Bertz CT molecular complexity index is 1250. The molecule has 3 N–H and O–H groups in total. The monoisotopic (exact) mass is 497 g/mol. The lowest BCUT2D eigenvalue weighted by Crippen LogP contribution is -2.38. The van der Waals surface area contributed by atoms with Gasteiger partial charge in [-0.15, -0.1) is 0 Å². The van der Waals surface area contributed by atoms with E-state index in [2.05, 4.69) is 25.7 Å². The van der Waals surface area contributed by atoms with Gasteiger partial charge in [0.1, 0.15) is 11.3 Å². The minimum absolute atomic E-state index is 0.226. The third kappa shape index (κ3) is 4.96. The number of carbonyl (C=O) groups excluding carboxylic acids is 1. The first kappa shape index (κ1) is 23.6. The molecule has 2 aliphatic rings. The topological polar surface area (TPSA) is 107 Å². The highest BCUT2D eigenvalue weighted by molar-refractivity contribution is 6.30. The Morgan fingerprint density at radius 3 is 3.06 bits per heavy atom. The van der Waals surface area contributed by atoms with Gasteiger partial charge in [-0.1, -0.05) is 11.6 Å². The Labute approximate surface area is 208 Å². The molecule has 0 saturated carbocycles. The van der Waals surface area contributed by atoms with Crippen LogP contribution >= 0.6 is 11.6 Å². The molecule has 1 saturated heterocycles. The number of likely N-dealkylation sites (tertiary alicyclic amines) is 1. The number of aliphatic hydroxyl groups is 1. The predicted molar refractivity (Wildman–Crippen MR) is 131 cm³/mol. The first-order chi connectivity index (χ1) is 17.1. The lowest BCUT2D eigenvalue weighted by Gasteiger charge is -2.24. The first-order valence-electron chi connectivity index (χ1n) is 11.6. The molecule has 4 heterocycles. The number of methoxy groups -OCH3 is 1. The number of benzene rings is 1. The van der Waals surface area contributed by atoms with Gasteiger partial charge >= 0.3 is 0 Å². The number of hydrogen-bond acceptors (Lipinski definition) is 8. The summed E-state index contributed by atoms with van der Waals surface area (Å²) in [6.45, 7) is 3.63. The number of rotatable bonds is 8. The minimum Gasteiger partial charge on any atom is -0.496 e. The molecular weight excluding hydrogens is 470 g/mol. The third-order valence-corrected chi connectivity index (χ3v) is 6.71. The van der Waals surface area contributed by atoms with Crippen molar-refractivity contribution in [2.24, 2.45) is 5.92 Å². The number of nitrogens with one attached hydrogen (secondary N) is 2. The van der Waals surface area contributed by atoms with Crippen LogP contribution in [-0.4, -0.2) is 75.4 Å². The van der Waals surface area contributed by atoms with E-state index in [-0.39, 0.29) is 18.6 Å². The van der Waals surface area contributed by atoms with Crippen LogP contribution in [0.4, 0.5) is 0 Å². The molecule has 2 aromatic heterocycles. The third-order valence-electron chi connectivity index (χ3n) is 6.47. The van der Waals surface area contributed by atoms with Gasteiger partial charge in [0.2, 0.25) is 0 Å². The maximum absolute atomic E-state index is 13.2. The standard InChI is InChI=1S/C24H28ClN7O3/c1-35-21-4-3-17(25)11-18(21)22-20(14-31(29-22)10-9-30-8-5-16(13-30)15-33)28-24(34)19-12-27-32-7-2-6-26-23(19)32/h2-4,6-7,11-12,14,16,22,29,33H,5,8-10,13,15H2,1H3,(H,28,34)/t16-,22?/m1/s1. The average molecular weight is 498 g/mol. The fraction of sp³-hybridized carbons (Fsp3) is 0.375. The zero-order valence-corrected chi connectivity index (χ0v) is 20.1. The highest BCUT2D eigenvalue weighted by Gasteiger charge is 2.31. The van der Waals surface area contributed by atoms with E-state index in [1.54, 1.807) is 36.2 Å². The second kappa shape index (κ2) is 10.2. The van der Waals surface area contributed by atoms with E-state index in [1.807, 2.05) is 23.3 Å². The molecule has 3 aromatic rings. The van der Waals surface area contributed by atoms with Crippen molar-refractivity contribution in [2.75, 3.05) is 39.9 Å². The molecule has 10 nitrogen and oxygen atoms in total. The number of aromatic nitrogens is 3.